The first-order valence-electron chi connectivity index (χ1n) is 30.6. The Balaban J connectivity index is 2.70. The molecule has 0 aromatic heterocycles. The molecular formula is C63H110O12. The summed E-state index contributed by atoms with van der Waals surface area (Å²) in [6.07, 6.45) is 49.4. The number of carboxylic acid groups (broad SMARTS) is 1. The summed E-state index contributed by atoms with van der Waals surface area (Å²) in [5.74, 6) is -3.15. The van der Waals surface area contributed by atoms with Gasteiger partial charge < -0.3 is 39.0 Å². The molecule has 6 unspecified atom stereocenters. The third-order valence-corrected chi connectivity index (χ3v) is 13.9. The molecule has 0 amide bonds. The van der Waals surface area contributed by atoms with E-state index < -0.39 is 67.3 Å². The van der Waals surface area contributed by atoms with Crippen LogP contribution in [0.15, 0.2) is 48.6 Å². The Kier molecular flexibility index (Phi) is 47.8. The van der Waals surface area contributed by atoms with Crippen molar-refractivity contribution in [2.45, 2.75) is 314 Å². The zero-order chi connectivity index (χ0) is 54.7. The molecule has 12 nitrogen and oxygen atoms in total. The lowest BCUT2D eigenvalue weighted by Crippen LogP contribution is -2.61. The number of hydrogen-bond acceptors (Lipinski definition) is 11. The van der Waals surface area contributed by atoms with Gasteiger partial charge >= 0.3 is 23.9 Å². The van der Waals surface area contributed by atoms with Gasteiger partial charge in [-0.1, -0.05) is 249 Å². The van der Waals surface area contributed by atoms with E-state index in [1.165, 1.54) is 141 Å². The van der Waals surface area contributed by atoms with Crippen LogP contribution in [0.1, 0.15) is 278 Å². The van der Waals surface area contributed by atoms with Gasteiger partial charge in [0, 0.05) is 19.3 Å². The number of aliphatic hydroxyl groups excluding tert-OH is 2. The number of carboxylic acids is 1. The highest BCUT2D eigenvalue weighted by Crippen LogP contribution is 2.26. The molecule has 1 aliphatic heterocycles. The molecule has 1 heterocycles. The van der Waals surface area contributed by atoms with Gasteiger partial charge in [-0.15, -0.1) is 0 Å². The minimum Gasteiger partial charge on any atom is -0.479 e. The maximum absolute atomic E-state index is 13.2. The van der Waals surface area contributed by atoms with Crippen LogP contribution in [-0.2, 0) is 42.9 Å². The predicted molar refractivity (Wildman–Crippen MR) is 303 cm³/mol. The number of carbonyl (C=O) groups is 4. The number of allylic oxidation sites excluding steroid dienone is 8. The van der Waals surface area contributed by atoms with Gasteiger partial charge in [-0.3, -0.25) is 14.4 Å². The summed E-state index contributed by atoms with van der Waals surface area (Å²) in [6, 6.07) is 0. The van der Waals surface area contributed by atoms with Crippen LogP contribution in [0.25, 0.3) is 0 Å². The molecular weight excluding hydrogens is 949 g/mol. The van der Waals surface area contributed by atoms with Gasteiger partial charge in [0.25, 0.3) is 0 Å². The van der Waals surface area contributed by atoms with E-state index in [9.17, 15) is 34.5 Å². The van der Waals surface area contributed by atoms with Crippen LogP contribution >= 0.6 is 0 Å². The number of aliphatic carboxylic acids is 1. The van der Waals surface area contributed by atoms with Crippen molar-refractivity contribution in [3.63, 3.8) is 0 Å². The molecule has 1 rings (SSSR count). The fraction of sp³-hybridized carbons (Fsp3) is 0.810. The predicted octanol–water partition coefficient (Wildman–Crippen LogP) is 15.8. The molecule has 0 spiro atoms. The van der Waals surface area contributed by atoms with Crippen LogP contribution in [0.3, 0.4) is 0 Å². The highest BCUT2D eigenvalue weighted by atomic mass is 16.7. The number of ether oxygens (including phenoxy) is 5. The second-order valence-corrected chi connectivity index (χ2v) is 21.0. The van der Waals surface area contributed by atoms with E-state index in [0.29, 0.717) is 25.7 Å². The van der Waals surface area contributed by atoms with Crippen molar-refractivity contribution in [3.8, 4) is 0 Å². The molecule has 1 saturated heterocycles. The van der Waals surface area contributed by atoms with E-state index in [-0.39, 0.29) is 25.9 Å². The average molecular weight is 1060 g/mol. The van der Waals surface area contributed by atoms with Crippen LogP contribution < -0.4 is 0 Å². The molecule has 0 saturated carbocycles. The van der Waals surface area contributed by atoms with E-state index in [4.69, 9.17) is 23.7 Å². The number of carbonyl (C=O) groups excluding carboxylic acids is 3. The minimum atomic E-state index is -1.91. The third kappa shape index (κ3) is 41.5. The maximum atomic E-state index is 13.2. The summed E-state index contributed by atoms with van der Waals surface area (Å²) in [7, 11) is 0. The van der Waals surface area contributed by atoms with Gasteiger partial charge in [0.15, 0.2) is 24.6 Å². The number of hydrogen-bond donors (Lipinski definition) is 3. The lowest BCUT2D eigenvalue weighted by atomic mass is 9.98. The molecule has 0 aliphatic carbocycles. The highest BCUT2D eigenvalue weighted by molar-refractivity contribution is 5.74. The SMILES string of the molecule is CC/C=C\C/C=C\C/C=C\C/C=C\CCCCC(=O)OC1C(OCC(COC(=O)CCCCCCCCCCCCCCCCC)OC(=O)CCCCCCCCCCCCCCCCC)OC(C(=O)O)C(O)C1O. The van der Waals surface area contributed by atoms with Crippen LogP contribution in [0, 0.1) is 0 Å². The molecule has 0 radical (unpaired) electrons. The van der Waals surface area contributed by atoms with Crippen LogP contribution in [0.2, 0.25) is 0 Å². The lowest BCUT2D eigenvalue weighted by Gasteiger charge is -2.40. The third-order valence-electron chi connectivity index (χ3n) is 13.9. The Bertz CT molecular complexity index is 1490. The normalized spacial score (nSPS) is 18.4. The molecule has 434 valence electrons. The summed E-state index contributed by atoms with van der Waals surface area (Å²) in [6.45, 7) is 5.89. The monoisotopic (exact) mass is 1060 g/mol. The quantitative estimate of drug-likeness (QED) is 0.0228. The summed E-state index contributed by atoms with van der Waals surface area (Å²) in [5.41, 5.74) is 0. The van der Waals surface area contributed by atoms with E-state index in [1.54, 1.807) is 0 Å². The Morgan fingerprint density at radius 2 is 0.840 bits per heavy atom. The van der Waals surface area contributed by atoms with Crippen LogP contribution in [-0.4, -0.2) is 89.2 Å². The number of esters is 3. The number of aliphatic hydroxyl groups is 2. The fourth-order valence-electron chi connectivity index (χ4n) is 9.24. The van der Waals surface area contributed by atoms with E-state index in [0.717, 1.165) is 70.6 Å². The summed E-state index contributed by atoms with van der Waals surface area (Å²) < 4.78 is 28.4. The summed E-state index contributed by atoms with van der Waals surface area (Å²) in [5, 5.41) is 31.5. The van der Waals surface area contributed by atoms with Crippen molar-refractivity contribution in [1.82, 2.24) is 0 Å². The van der Waals surface area contributed by atoms with Crippen molar-refractivity contribution >= 4 is 23.9 Å². The largest absolute Gasteiger partial charge is 0.479 e. The second-order valence-electron chi connectivity index (χ2n) is 21.0. The Morgan fingerprint density at radius 1 is 0.453 bits per heavy atom. The maximum Gasteiger partial charge on any atom is 0.335 e. The molecule has 12 heteroatoms. The molecule has 0 bridgehead atoms. The first-order chi connectivity index (χ1) is 36.6. The van der Waals surface area contributed by atoms with Gasteiger partial charge in [-0.05, 0) is 57.8 Å². The average Bonchev–Trinajstić information content (AvgIpc) is 3.39. The summed E-state index contributed by atoms with van der Waals surface area (Å²) >= 11 is 0. The fourth-order valence-corrected chi connectivity index (χ4v) is 9.24. The first kappa shape index (κ1) is 69.7. The molecule has 1 fully saturated rings. The molecule has 3 N–H and O–H groups in total. The van der Waals surface area contributed by atoms with Gasteiger partial charge in [0.2, 0.25) is 0 Å². The smallest absolute Gasteiger partial charge is 0.335 e. The molecule has 1 aliphatic rings. The topological polar surface area (TPSA) is 175 Å². The molecule has 0 aromatic carbocycles. The van der Waals surface area contributed by atoms with Gasteiger partial charge in [0.1, 0.15) is 18.8 Å². The van der Waals surface area contributed by atoms with Crippen molar-refractivity contribution in [1.29, 1.82) is 0 Å². The summed E-state index contributed by atoms with van der Waals surface area (Å²) in [4.78, 5) is 51.1. The first-order valence-corrected chi connectivity index (χ1v) is 30.6. The number of unbranched alkanes of at least 4 members (excludes halogenated alkanes) is 30. The second kappa shape index (κ2) is 51.4. The molecule has 75 heavy (non-hydrogen) atoms. The van der Waals surface area contributed by atoms with Crippen molar-refractivity contribution in [2.75, 3.05) is 13.2 Å². The van der Waals surface area contributed by atoms with Crippen molar-refractivity contribution in [3.05, 3.63) is 48.6 Å². The van der Waals surface area contributed by atoms with Gasteiger partial charge in [0.05, 0.1) is 6.61 Å². The van der Waals surface area contributed by atoms with Crippen LogP contribution in [0.5, 0.6) is 0 Å². The molecule has 6 atom stereocenters. The van der Waals surface area contributed by atoms with Crippen molar-refractivity contribution in [2.24, 2.45) is 0 Å². The lowest BCUT2D eigenvalue weighted by molar-refractivity contribution is -0.301. The number of rotatable bonds is 52. The standard InChI is InChI=1S/C63H110O12/c1-4-7-10-13-16-19-22-25-28-31-34-37-40-43-46-49-55(64)71-52-54(73-56(65)50-47-44-41-38-35-32-29-26-23-20-17-14-11-8-5-2)53-72-63-61(59(68)58(67)60(75-63)62(69)70)74-57(66)51-48-45-42-39-36-33-30-27-24-21-18-15-12-9-6-3/h9,12,18,21,27,30,36,39,54,58-61,63,67-68H,4-8,10-11,13-17,19-20,22-26,28-29,31-35,37-38,40-53H2,1-3H3,(H,69,70)/b12-9-,21-18-,30-27-,39-36-. The zero-order valence-electron chi connectivity index (χ0n) is 47.8. The van der Waals surface area contributed by atoms with E-state index in [2.05, 4.69) is 69.4 Å². The van der Waals surface area contributed by atoms with E-state index >= 15 is 0 Å². The Labute approximate surface area is 456 Å². The van der Waals surface area contributed by atoms with Gasteiger partial charge in [-0.25, -0.2) is 4.79 Å². The van der Waals surface area contributed by atoms with Crippen molar-refractivity contribution < 1.29 is 58.2 Å². The van der Waals surface area contributed by atoms with Gasteiger partial charge in [-0.2, -0.15) is 0 Å². The molecule has 0 aromatic rings. The van der Waals surface area contributed by atoms with E-state index in [1.807, 2.05) is 0 Å². The Morgan fingerprint density at radius 3 is 1.28 bits per heavy atom. The minimum absolute atomic E-state index is 0.0107. The van der Waals surface area contributed by atoms with Crippen LogP contribution in [0.4, 0.5) is 0 Å². The Hall–Kier alpha value is -3.32. The zero-order valence-corrected chi connectivity index (χ0v) is 47.8. The highest BCUT2D eigenvalue weighted by Gasteiger charge is 2.50.